The van der Waals surface area contributed by atoms with Crippen LogP contribution in [-0.4, -0.2) is 37.0 Å². The van der Waals surface area contributed by atoms with Gasteiger partial charge < -0.3 is 10.2 Å². The second kappa shape index (κ2) is 7.40. The SMILES string of the molecule is CNCC1CCCN1C(=O)c1ccc(I)c(F)c1.Cl. The van der Waals surface area contributed by atoms with Crippen LogP contribution in [0.2, 0.25) is 0 Å². The van der Waals surface area contributed by atoms with Gasteiger partial charge in [0, 0.05) is 28.3 Å². The van der Waals surface area contributed by atoms with E-state index in [-0.39, 0.29) is 30.2 Å². The van der Waals surface area contributed by atoms with E-state index >= 15 is 0 Å². The Hall–Kier alpha value is -0.400. The third-order valence-electron chi connectivity index (χ3n) is 3.24. The molecule has 1 aromatic carbocycles. The molecular formula is C13H17ClFIN2O. The van der Waals surface area contributed by atoms with Gasteiger partial charge in [0.15, 0.2) is 0 Å². The van der Waals surface area contributed by atoms with Crippen LogP contribution in [-0.2, 0) is 0 Å². The van der Waals surface area contributed by atoms with Gasteiger partial charge in [0.2, 0.25) is 0 Å². The van der Waals surface area contributed by atoms with Gasteiger partial charge in [-0.25, -0.2) is 4.39 Å². The third-order valence-corrected chi connectivity index (χ3v) is 4.12. The molecule has 19 heavy (non-hydrogen) atoms. The van der Waals surface area contributed by atoms with E-state index in [2.05, 4.69) is 5.32 Å². The summed E-state index contributed by atoms with van der Waals surface area (Å²) in [6, 6.07) is 4.90. The Morgan fingerprint density at radius 1 is 1.58 bits per heavy atom. The van der Waals surface area contributed by atoms with Crippen LogP contribution in [0.1, 0.15) is 23.2 Å². The molecule has 0 radical (unpaired) electrons. The van der Waals surface area contributed by atoms with Crippen molar-refractivity contribution < 1.29 is 9.18 Å². The minimum absolute atomic E-state index is 0. The van der Waals surface area contributed by atoms with Crippen molar-refractivity contribution in [3.05, 3.63) is 33.1 Å². The average molecular weight is 399 g/mol. The predicted molar refractivity (Wildman–Crippen MR) is 84.4 cm³/mol. The van der Waals surface area contributed by atoms with Crippen LogP contribution < -0.4 is 5.32 Å². The normalized spacial score (nSPS) is 18.3. The van der Waals surface area contributed by atoms with E-state index in [9.17, 15) is 9.18 Å². The Balaban J connectivity index is 0.00000180. The average Bonchev–Trinajstić information content (AvgIpc) is 2.80. The smallest absolute Gasteiger partial charge is 0.254 e. The molecule has 1 N–H and O–H groups in total. The number of nitrogens with one attached hydrogen (secondary N) is 1. The van der Waals surface area contributed by atoms with Crippen molar-refractivity contribution in [1.82, 2.24) is 10.2 Å². The summed E-state index contributed by atoms with van der Waals surface area (Å²) in [5.41, 5.74) is 0.441. The van der Waals surface area contributed by atoms with Crippen molar-refractivity contribution >= 4 is 40.9 Å². The largest absolute Gasteiger partial charge is 0.334 e. The van der Waals surface area contributed by atoms with E-state index in [1.807, 2.05) is 34.5 Å². The second-order valence-corrected chi connectivity index (χ2v) is 5.64. The van der Waals surface area contributed by atoms with Crippen LogP contribution in [0, 0.1) is 9.39 Å². The summed E-state index contributed by atoms with van der Waals surface area (Å²) in [7, 11) is 1.88. The fourth-order valence-electron chi connectivity index (χ4n) is 2.35. The molecule has 1 heterocycles. The Labute approximate surface area is 132 Å². The van der Waals surface area contributed by atoms with Crippen LogP contribution in [0.4, 0.5) is 4.39 Å². The molecule has 0 bridgehead atoms. The van der Waals surface area contributed by atoms with E-state index in [1.54, 1.807) is 12.1 Å². The summed E-state index contributed by atoms with van der Waals surface area (Å²) in [5.74, 6) is -0.395. The van der Waals surface area contributed by atoms with Gasteiger partial charge >= 0.3 is 0 Å². The lowest BCUT2D eigenvalue weighted by atomic mass is 10.1. The number of halogens is 3. The van der Waals surface area contributed by atoms with Gasteiger partial charge in [0.25, 0.3) is 5.91 Å². The second-order valence-electron chi connectivity index (χ2n) is 4.48. The van der Waals surface area contributed by atoms with E-state index in [4.69, 9.17) is 0 Å². The van der Waals surface area contributed by atoms with Crippen LogP contribution in [0.3, 0.4) is 0 Å². The molecule has 106 valence electrons. The molecule has 0 aromatic heterocycles. The van der Waals surface area contributed by atoms with Crippen LogP contribution in [0.5, 0.6) is 0 Å². The maximum absolute atomic E-state index is 13.5. The number of nitrogens with zero attached hydrogens (tertiary/aromatic N) is 1. The molecule has 3 nitrogen and oxygen atoms in total. The maximum atomic E-state index is 13.5. The molecule has 0 aliphatic carbocycles. The number of carbonyl (C=O) groups excluding carboxylic acids is 1. The molecule has 6 heteroatoms. The van der Waals surface area contributed by atoms with Gasteiger partial charge in [-0.2, -0.15) is 0 Å². The lowest BCUT2D eigenvalue weighted by molar-refractivity contribution is 0.0736. The number of hydrogen-bond acceptors (Lipinski definition) is 2. The van der Waals surface area contributed by atoms with Crippen molar-refractivity contribution in [2.45, 2.75) is 18.9 Å². The number of hydrogen-bond donors (Lipinski definition) is 1. The number of amides is 1. The third kappa shape index (κ3) is 3.79. The summed E-state index contributed by atoms with van der Waals surface area (Å²) in [4.78, 5) is 14.2. The molecule has 1 atom stereocenters. The first-order valence-corrected chi connectivity index (χ1v) is 7.12. The Morgan fingerprint density at radius 3 is 2.95 bits per heavy atom. The first-order valence-electron chi connectivity index (χ1n) is 6.04. The molecule has 0 spiro atoms. The van der Waals surface area contributed by atoms with Crippen LogP contribution in [0.25, 0.3) is 0 Å². The van der Waals surface area contributed by atoms with Gasteiger partial charge in [-0.1, -0.05) is 0 Å². The quantitative estimate of drug-likeness (QED) is 0.794. The highest BCUT2D eigenvalue weighted by Gasteiger charge is 2.28. The minimum Gasteiger partial charge on any atom is -0.334 e. The molecule has 1 aromatic rings. The number of likely N-dealkylation sites (tertiary alicyclic amines) is 1. The molecule has 0 saturated carbocycles. The maximum Gasteiger partial charge on any atom is 0.254 e. The first-order chi connectivity index (χ1) is 8.63. The molecule has 1 saturated heterocycles. The van der Waals surface area contributed by atoms with Crippen molar-refractivity contribution in [3.8, 4) is 0 Å². The lowest BCUT2D eigenvalue weighted by Gasteiger charge is -2.24. The van der Waals surface area contributed by atoms with Crippen molar-refractivity contribution in [2.24, 2.45) is 0 Å². The molecule has 1 fully saturated rings. The number of benzene rings is 1. The molecule has 2 rings (SSSR count). The molecule has 1 aliphatic rings. The zero-order chi connectivity index (χ0) is 13.1. The van der Waals surface area contributed by atoms with E-state index in [1.165, 1.54) is 6.07 Å². The van der Waals surface area contributed by atoms with Gasteiger partial charge in [0.05, 0.1) is 0 Å². The number of carbonyl (C=O) groups is 1. The topological polar surface area (TPSA) is 32.3 Å². The highest BCUT2D eigenvalue weighted by atomic mass is 127. The minimum atomic E-state index is -0.328. The van der Waals surface area contributed by atoms with E-state index in [0.717, 1.165) is 25.9 Å². The van der Waals surface area contributed by atoms with E-state index in [0.29, 0.717) is 9.13 Å². The van der Waals surface area contributed by atoms with Crippen molar-refractivity contribution in [2.75, 3.05) is 20.1 Å². The lowest BCUT2D eigenvalue weighted by Crippen LogP contribution is -2.40. The summed E-state index contributed by atoms with van der Waals surface area (Å²) in [6.45, 7) is 1.55. The Morgan fingerprint density at radius 2 is 2.32 bits per heavy atom. The van der Waals surface area contributed by atoms with Gasteiger partial charge in [0.1, 0.15) is 5.82 Å². The molecular weight excluding hydrogens is 382 g/mol. The summed E-state index contributed by atoms with van der Waals surface area (Å²) in [5, 5.41) is 3.10. The summed E-state index contributed by atoms with van der Waals surface area (Å²) >= 11 is 1.92. The monoisotopic (exact) mass is 398 g/mol. The number of likely N-dealkylation sites (N-methyl/N-ethyl adjacent to an activating group) is 1. The number of rotatable bonds is 3. The summed E-state index contributed by atoms with van der Waals surface area (Å²) in [6.07, 6.45) is 2.03. The van der Waals surface area contributed by atoms with Crippen LogP contribution in [0.15, 0.2) is 18.2 Å². The fraction of sp³-hybridized carbons (Fsp3) is 0.462. The van der Waals surface area contributed by atoms with Gasteiger partial charge in [-0.3, -0.25) is 4.79 Å². The molecule has 1 aliphatic heterocycles. The fourth-order valence-corrected chi connectivity index (χ4v) is 2.68. The van der Waals surface area contributed by atoms with E-state index < -0.39 is 0 Å². The Bertz CT molecular complexity index is 458. The molecule has 1 unspecified atom stereocenters. The van der Waals surface area contributed by atoms with Crippen molar-refractivity contribution in [1.29, 1.82) is 0 Å². The first kappa shape index (κ1) is 16.7. The zero-order valence-corrected chi connectivity index (χ0v) is 13.6. The zero-order valence-electron chi connectivity index (χ0n) is 10.7. The summed E-state index contributed by atoms with van der Waals surface area (Å²) < 4.78 is 14.0. The predicted octanol–water partition coefficient (Wildman–Crippen LogP) is 2.68. The van der Waals surface area contributed by atoms with Crippen molar-refractivity contribution in [3.63, 3.8) is 0 Å². The Kier molecular flexibility index (Phi) is 6.49. The van der Waals surface area contributed by atoms with Gasteiger partial charge in [-0.15, -0.1) is 12.4 Å². The molecule has 1 amide bonds. The standard InChI is InChI=1S/C13H16FIN2O.ClH/c1-16-8-10-3-2-6-17(10)13(18)9-4-5-12(15)11(14)7-9;/h4-5,7,10,16H,2-3,6,8H2,1H3;1H. The highest BCUT2D eigenvalue weighted by Crippen LogP contribution is 2.21. The van der Waals surface area contributed by atoms with Gasteiger partial charge in [-0.05, 0) is 60.7 Å². The van der Waals surface area contributed by atoms with Crippen LogP contribution >= 0.6 is 35.0 Å². The highest BCUT2D eigenvalue weighted by molar-refractivity contribution is 14.1.